The number of hydrogen-bond donors (Lipinski definition) is 0. The Morgan fingerprint density at radius 1 is 1.08 bits per heavy atom. The molecule has 0 spiro atoms. The summed E-state index contributed by atoms with van der Waals surface area (Å²) in [5.74, 6) is 1.16. The van der Waals surface area contributed by atoms with Crippen molar-refractivity contribution in [3.63, 3.8) is 0 Å². The number of carbonyl (C=O) groups is 1. The van der Waals surface area contributed by atoms with Crippen molar-refractivity contribution in [2.75, 3.05) is 13.2 Å². The molecule has 0 aliphatic carbocycles. The van der Waals surface area contributed by atoms with Crippen molar-refractivity contribution >= 4 is 40.5 Å². The zero-order chi connectivity index (χ0) is 18.5. The van der Waals surface area contributed by atoms with Gasteiger partial charge in [0.2, 0.25) is 5.90 Å². The van der Waals surface area contributed by atoms with Gasteiger partial charge in [0.25, 0.3) is 0 Å². The molecular weight excluding hydrogens is 445 g/mol. The van der Waals surface area contributed by atoms with Crippen LogP contribution in [0.1, 0.15) is 25.0 Å². The Balaban J connectivity index is 1.91. The van der Waals surface area contributed by atoms with Crippen LogP contribution in [0.5, 0.6) is 11.5 Å². The number of hydrogen-bond acceptors (Lipinski definition) is 5. The summed E-state index contributed by atoms with van der Waals surface area (Å²) in [6.45, 7) is 4.90. The minimum atomic E-state index is -0.467. The third-order valence-corrected chi connectivity index (χ3v) is 4.23. The summed E-state index contributed by atoms with van der Waals surface area (Å²) in [6.07, 6.45) is 1.68. The minimum absolute atomic E-state index is 0.255. The Bertz CT molecular complexity index is 889. The van der Waals surface area contributed by atoms with Crippen molar-refractivity contribution in [3.05, 3.63) is 62.9 Å². The maximum atomic E-state index is 12.2. The van der Waals surface area contributed by atoms with Crippen LogP contribution in [0.4, 0.5) is 0 Å². The number of esters is 1. The van der Waals surface area contributed by atoms with E-state index in [0.29, 0.717) is 30.6 Å². The maximum Gasteiger partial charge on any atom is 0.363 e. The molecule has 0 unspecified atom stereocenters. The molecule has 0 aromatic heterocycles. The summed E-state index contributed by atoms with van der Waals surface area (Å²) in [4.78, 5) is 16.5. The van der Waals surface area contributed by atoms with E-state index in [4.69, 9.17) is 14.2 Å². The lowest BCUT2D eigenvalue weighted by molar-refractivity contribution is -0.129. The highest BCUT2D eigenvalue weighted by Gasteiger charge is 2.24. The maximum absolute atomic E-state index is 12.2. The zero-order valence-corrected chi connectivity index (χ0v) is 16.6. The molecule has 0 bridgehead atoms. The fraction of sp³-hybridized carbons (Fsp3) is 0.200. The van der Waals surface area contributed by atoms with Crippen LogP contribution in [-0.4, -0.2) is 25.1 Å². The average Bonchev–Trinajstić information content (AvgIpc) is 2.98. The normalized spacial score (nSPS) is 15.0. The second-order valence-electron chi connectivity index (χ2n) is 5.42. The van der Waals surface area contributed by atoms with Crippen LogP contribution in [0.25, 0.3) is 6.08 Å². The average molecular weight is 463 g/mol. The lowest BCUT2D eigenvalue weighted by Gasteiger charge is -2.11. The first-order chi connectivity index (χ1) is 12.6. The Kier molecular flexibility index (Phi) is 5.92. The molecule has 1 aliphatic heterocycles. The molecule has 134 valence electrons. The van der Waals surface area contributed by atoms with Gasteiger partial charge in [-0.05, 0) is 78.4 Å². The summed E-state index contributed by atoms with van der Waals surface area (Å²) < 4.78 is 17.5. The van der Waals surface area contributed by atoms with E-state index >= 15 is 0 Å². The number of benzene rings is 2. The van der Waals surface area contributed by atoms with E-state index in [2.05, 4.69) is 27.6 Å². The van der Waals surface area contributed by atoms with Crippen LogP contribution in [-0.2, 0) is 9.53 Å². The van der Waals surface area contributed by atoms with Gasteiger partial charge >= 0.3 is 5.97 Å². The van der Waals surface area contributed by atoms with Crippen molar-refractivity contribution in [1.29, 1.82) is 0 Å². The zero-order valence-electron chi connectivity index (χ0n) is 14.5. The third kappa shape index (κ3) is 4.24. The number of ether oxygens (including phenoxy) is 3. The van der Waals surface area contributed by atoms with Crippen molar-refractivity contribution in [2.24, 2.45) is 4.99 Å². The predicted molar refractivity (Wildman–Crippen MR) is 109 cm³/mol. The molecule has 2 aromatic carbocycles. The van der Waals surface area contributed by atoms with Crippen LogP contribution >= 0.6 is 22.6 Å². The number of rotatable bonds is 6. The summed E-state index contributed by atoms with van der Waals surface area (Å²) in [6, 6.07) is 13.1. The highest BCUT2D eigenvalue weighted by Crippen LogP contribution is 2.30. The fourth-order valence-electron chi connectivity index (χ4n) is 2.47. The van der Waals surface area contributed by atoms with Crippen molar-refractivity contribution in [2.45, 2.75) is 13.8 Å². The standard InChI is InChI=1S/C20H18INO4/c1-3-24-17-9-8-13(11-18(17)25-4-2)10-16-20(23)26-19(22-16)14-6-5-7-15(21)12-14/h5-12H,3-4H2,1-2H3/b16-10+. The van der Waals surface area contributed by atoms with Gasteiger partial charge in [-0.3, -0.25) is 0 Å². The number of carbonyl (C=O) groups excluding carboxylic acids is 1. The van der Waals surface area contributed by atoms with E-state index in [1.165, 1.54) is 0 Å². The molecule has 5 nitrogen and oxygen atoms in total. The van der Waals surface area contributed by atoms with E-state index in [9.17, 15) is 4.79 Å². The Morgan fingerprint density at radius 3 is 2.58 bits per heavy atom. The highest BCUT2D eigenvalue weighted by atomic mass is 127. The Labute approximate surface area is 165 Å². The molecular formula is C20H18INO4. The second kappa shape index (κ2) is 8.35. The van der Waals surface area contributed by atoms with E-state index in [-0.39, 0.29) is 5.70 Å². The monoisotopic (exact) mass is 463 g/mol. The van der Waals surface area contributed by atoms with Gasteiger partial charge in [-0.1, -0.05) is 12.1 Å². The molecule has 0 N–H and O–H groups in total. The smallest absolute Gasteiger partial charge is 0.363 e. The summed E-state index contributed by atoms with van der Waals surface area (Å²) in [5, 5.41) is 0. The quantitative estimate of drug-likeness (QED) is 0.361. The first kappa shape index (κ1) is 18.4. The summed E-state index contributed by atoms with van der Waals surface area (Å²) in [5.41, 5.74) is 1.82. The lowest BCUT2D eigenvalue weighted by Crippen LogP contribution is -2.05. The van der Waals surface area contributed by atoms with Gasteiger partial charge in [0.05, 0.1) is 13.2 Å². The van der Waals surface area contributed by atoms with Gasteiger partial charge in [-0.25, -0.2) is 9.79 Å². The summed E-state index contributed by atoms with van der Waals surface area (Å²) >= 11 is 2.21. The van der Waals surface area contributed by atoms with Crippen LogP contribution < -0.4 is 9.47 Å². The molecule has 0 radical (unpaired) electrons. The number of cyclic esters (lactones) is 1. The van der Waals surface area contributed by atoms with Crippen LogP contribution in [0, 0.1) is 3.57 Å². The highest BCUT2D eigenvalue weighted by molar-refractivity contribution is 14.1. The molecule has 2 aromatic rings. The summed E-state index contributed by atoms with van der Waals surface area (Å²) in [7, 11) is 0. The largest absolute Gasteiger partial charge is 0.490 e. The van der Waals surface area contributed by atoms with Gasteiger partial charge in [0, 0.05) is 9.13 Å². The van der Waals surface area contributed by atoms with Crippen molar-refractivity contribution < 1.29 is 19.0 Å². The topological polar surface area (TPSA) is 57.1 Å². The van der Waals surface area contributed by atoms with E-state index in [0.717, 1.165) is 14.7 Å². The fourth-order valence-corrected chi connectivity index (χ4v) is 3.01. The van der Waals surface area contributed by atoms with E-state index in [1.54, 1.807) is 6.08 Å². The van der Waals surface area contributed by atoms with Crippen molar-refractivity contribution in [1.82, 2.24) is 0 Å². The number of halogens is 1. The number of nitrogens with zero attached hydrogens (tertiary/aromatic N) is 1. The van der Waals surface area contributed by atoms with Gasteiger partial charge in [-0.15, -0.1) is 0 Å². The molecule has 0 fully saturated rings. The first-order valence-electron chi connectivity index (χ1n) is 8.29. The van der Waals surface area contributed by atoms with E-state index < -0.39 is 5.97 Å². The van der Waals surface area contributed by atoms with Gasteiger partial charge in [0.1, 0.15) is 0 Å². The van der Waals surface area contributed by atoms with Gasteiger partial charge in [-0.2, -0.15) is 0 Å². The van der Waals surface area contributed by atoms with Crippen LogP contribution in [0.3, 0.4) is 0 Å². The molecule has 0 saturated heterocycles. The third-order valence-electron chi connectivity index (χ3n) is 3.56. The Hall–Kier alpha value is -2.35. The predicted octanol–water partition coefficient (Wildman–Crippen LogP) is 4.43. The molecule has 3 rings (SSSR count). The molecule has 1 aliphatic rings. The number of aliphatic imine (C=N–C) groups is 1. The molecule has 0 saturated carbocycles. The Morgan fingerprint density at radius 2 is 1.85 bits per heavy atom. The molecule has 26 heavy (non-hydrogen) atoms. The SMILES string of the molecule is CCOc1ccc(/C=C2/N=C(c3cccc(I)c3)OC2=O)cc1OCC. The van der Waals surface area contributed by atoms with Crippen molar-refractivity contribution in [3.8, 4) is 11.5 Å². The minimum Gasteiger partial charge on any atom is -0.490 e. The van der Waals surface area contributed by atoms with Crippen LogP contribution in [0.2, 0.25) is 0 Å². The van der Waals surface area contributed by atoms with Gasteiger partial charge < -0.3 is 14.2 Å². The van der Waals surface area contributed by atoms with Crippen LogP contribution in [0.15, 0.2) is 53.2 Å². The van der Waals surface area contributed by atoms with Gasteiger partial charge in [0.15, 0.2) is 17.2 Å². The first-order valence-corrected chi connectivity index (χ1v) is 9.36. The lowest BCUT2D eigenvalue weighted by atomic mass is 10.1. The molecule has 6 heteroatoms. The van der Waals surface area contributed by atoms with E-state index in [1.807, 2.05) is 56.3 Å². The molecule has 0 amide bonds. The molecule has 0 atom stereocenters. The second-order valence-corrected chi connectivity index (χ2v) is 6.66. The molecule has 1 heterocycles.